The predicted octanol–water partition coefficient (Wildman–Crippen LogP) is 5.17. The summed E-state index contributed by atoms with van der Waals surface area (Å²) in [6, 6.07) is 0.214. The first kappa shape index (κ1) is 28.3. The van der Waals surface area contributed by atoms with Gasteiger partial charge in [0.25, 0.3) is 0 Å². The predicted molar refractivity (Wildman–Crippen MR) is 158 cm³/mol. The number of hydrogen-bond donors (Lipinski definition) is 1. The third-order valence-electron chi connectivity index (χ3n) is 14.8. The Morgan fingerprint density at radius 1 is 0.905 bits per heavy atom. The fraction of sp³-hybridized carbons (Fsp3) is 0.943. The second-order valence-electron chi connectivity index (χ2n) is 17.1. The lowest BCUT2D eigenvalue weighted by Crippen LogP contribution is -2.67. The van der Waals surface area contributed by atoms with Gasteiger partial charge in [-0.1, -0.05) is 27.7 Å². The number of carbonyl (C=O) groups is 2. The van der Waals surface area contributed by atoms with Gasteiger partial charge in [-0.15, -0.1) is 0 Å². The maximum Gasteiger partial charge on any atom is 0.232 e. The van der Waals surface area contributed by atoms with Crippen LogP contribution in [0.4, 0.5) is 0 Å². The maximum absolute atomic E-state index is 12.9. The molecule has 0 bridgehead atoms. The number of carbonyl (C=O) groups excluding carboxylic acids is 2. The van der Waals surface area contributed by atoms with Gasteiger partial charge in [-0.2, -0.15) is 0 Å². The van der Waals surface area contributed by atoms with Gasteiger partial charge in [-0.25, -0.2) is 0 Å². The molecule has 0 aromatic rings. The molecule has 1 unspecified atom stereocenters. The van der Waals surface area contributed by atoms with E-state index >= 15 is 0 Å². The number of nitrogens with zero attached hydrogens (tertiary/aromatic N) is 1. The number of likely N-dealkylation sites (tertiary alicyclic amines) is 1. The van der Waals surface area contributed by atoms with E-state index in [0.29, 0.717) is 40.6 Å². The molecule has 7 nitrogen and oxygen atoms in total. The first-order valence-corrected chi connectivity index (χ1v) is 17.5. The molecule has 2 spiro atoms. The van der Waals surface area contributed by atoms with Crippen LogP contribution in [0.2, 0.25) is 0 Å². The lowest BCUT2D eigenvalue weighted by Gasteiger charge is -2.61. The Bertz CT molecular complexity index is 1110. The molecular weight excluding hydrogens is 528 g/mol. The molecular formula is C35H54N2O5. The quantitative estimate of drug-likeness (QED) is 0.465. The van der Waals surface area contributed by atoms with Gasteiger partial charge in [0.05, 0.1) is 31.3 Å². The van der Waals surface area contributed by atoms with Gasteiger partial charge < -0.3 is 24.4 Å². The van der Waals surface area contributed by atoms with Crippen LogP contribution in [-0.2, 0) is 23.8 Å². The van der Waals surface area contributed by atoms with Crippen LogP contribution in [0.5, 0.6) is 0 Å². The minimum Gasteiger partial charge on any atom is -0.380 e. The summed E-state index contributed by atoms with van der Waals surface area (Å²) in [5, 5.41) is 3.29. The summed E-state index contributed by atoms with van der Waals surface area (Å²) in [7, 11) is 0. The van der Waals surface area contributed by atoms with E-state index in [1.165, 1.54) is 44.9 Å². The van der Waals surface area contributed by atoms with Crippen molar-refractivity contribution in [2.75, 3.05) is 32.9 Å². The second kappa shape index (κ2) is 9.66. The maximum atomic E-state index is 12.9. The highest BCUT2D eigenvalue weighted by Gasteiger charge is 2.69. The van der Waals surface area contributed by atoms with Crippen molar-refractivity contribution in [1.82, 2.24) is 10.2 Å². The molecule has 0 aromatic carbocycles. The van der Waals surface area contributed by atoms with Crippen molar-refractivity contribution < 1.29 is 23.8 Å². The van der Waals surface area contributed by atoms with E-state index in [-0.39, 0.29) is 35.5 Å². The Labute approximate surface area is 252 Å². The lowest BCUT2D eigenvalue weighted by molar-refractivity contribution is -0.273. The molecule has 1 N–H and O–H groups in total. The smallest absolute Gasteiger partial charge is 0.232 e. The zero-order valence-corrected chi connectivity index (χ0v) is 26.5. The molecule has 4 heterocycles. The van der Waals surface area contributed by atoms with Crippen LogP contribution >= 0.6 is 0 Å². The summed E-state index contributed by atoms with van der Waals surface area (Å²) in [5.41, 5.74) is 0.929. The largest absolute Gasteiger partial charge is 0.380 e. The van der Waals surface area contributed by atoms with Gasteiger partial charge in [0.1, 0.15) is 6.42 Å². The van der Waals surface area contributed by atoms with E-state index < -0.39 is 0 Å². The van der Waals surface area contributed by atoms with Crippen molar-refractivity contribution in [3.8, 4) is 0 Å². The molecule has 8 fully saturated rings. The van der Waals surface area contributed by atoms with Crippen molar-refractivity contribution in [2.24, 2.45) is 57.7 Å². The number of ether oxygens (including phenoxy) is 3. The summed E-state index contributed by atoms with van der Waals surface area (Å²) in [5.74, 6) is 4.35. The molecule has 4 aliphatic carbocycles. The third kappa shape index (κ3) is 4.07. The zero-order valence-electron chi connectivity index (χ0n) is 26.5. The van der Waals surface area contributed by atoms with Gasteiger partial charge in [-0.05, 0) is 104 Å². The normalized spacial score (nSPS) is 52.0. The summed E-state index contributed by atoms with van der Waals surface area (Å²) in [4.78, 5) is 27.4. The Hall–Kier alpha value is -1.18. The standard InChI is InChI=1S/C35H54N2O5/c1-21-7-12-35(41-16-21)22(2)31-28(42-35)14-27-25-6-5-23-13-24(8-10-32(23,3)26(25)9-11-33(27,31)4)36-29(38)15-30(39)37-17-34(18-37)19-40-20-34/h21-28,31H,5-20H2,1-4H3,(H,36,38)/t21-,22+,23+,24?,25-,26+,27+,28+,31+,32+,33+,35-/m1/s1. The lowest BCUT2D eigenvalue weighted by atomic mass is 9.44. The summed E-state index contributed by atoms with van der Waals surface area (Å²) < 4.78 is 18.8. The Balaban J connectivity index is 0.890. The minimum absolute atomic E-state index is 0.00544. The molecule has 4 aliphatic heterocycles. The number of hydrogen-bond acceptors (Lipinski definition) is 5. The zero-order chi connectivity index (χ0) is 29.1. The highest BCUT2D eigenvalue weighted by Crippen LogP contribution is 2.71. The fourth-order valence-electron chi connectivity index (χ4n) is 12.4. The summed E-state index contributed by atoms with van der Waals surface area (Å²) in [6.45, 7) is 13.9. The van der Waals surface area contributed by atoms with E-state index in [2.05, 4.69) is 33.0 Å². The van der Waals surface area contributed by atoms with Crippen LogP contribution in [0, 0.1) is 57.7 Å². The molecule has 12 atom stereocenters. The van der Waals surface area contributed by atoms with E-state index in [1.807, 2.05) is 4.90 Å². The topological polar surface area (TPSA) is 77.1 Å². The van der Waals surface area contributed by atoms with Gasteiger partial charge in [-0.3, -0.25) is 9.59 Å². The van der Waals surface area contributed by atoms with Crippen LogP contribution in [0.25, 0.3) is 0 Å². The number of rotatable bonds is 3. The highest BCUT2D eigenvalue weighted by atomic mass is 16.7. The summed E-state index contributed by atoms with van der Waals surface area (Å²) >= 11 is 0. The molecule has 234 valence electrons. The average molecular weight is 583 g/mol. The van der Waals surface area contributed by atoms with E-state index in [1.54, 1.807) is 0 Å². The molecule has 8 aliphatic rings. The molecule has 0 radical (unpaired) electrons. The minimum atomic E-state index is -0.327. The Morgan fingerprint density at radius 3 is 2.40 bits per heavy atom. The van der Waals surface area contributed by atoms with Crippen molar-refractivity contribution >= 4 is 11.8 Å². The SMILES string of the molecule is C[C@@H]1CC[C@@]2(OC1)O[C@H]1C[C@H]3[C@@H]4CC[C@H]5CC(NC(=O)CC(=O)N6CC7(COC7)C6)CC[C@]5(C)[C@H]4CC[C@]3(C)[C@H]1[C@@H]2C. The van der Waals surface area contributed by atoms with Crippen LogP contribution in [0.1, 0.15) is 98.3 Å². The summed E-state index contributed by atoms with van der Waals surface area (Å²) in [6.07, 6.45) is 12.5. The third-order valence-corrected chi connectivity index (χ3v) is 14.8. The van der Waals surface area contributed by atoms with Gasteiger partial charge >= 0.3 is 0 Å². The molecule has 2 amide bonds. The van der Waals surface area contributed by atoms with Crippen LogP contribution < -0.4 is 5.32 Å². The number of amides is 2. The van der Waals surface area contributed by atoms with Crippen LogP contribution in [0.15, 0.2) is 0 Å². The molecule has 8 rings (SSSR count). The first-order chi connectivity index (χ1) is 20.0. The number of nitrogens with one attached hydrogen (secondary N) is 1. The fourth-order valence-corrected chi connectivity index (χ4v) is 12.4. The van der Waals surface area contributed by atoms with Gasteiger partial charge in [0.15, 0.2) is 5.79 Å². The van der Waals surface area contributed by atoms with Crippen molar-refractivity contribution in [3.63, 3.8) is 0 Å². The highest BCUT2D eigenvalue weighted by molar-refractivity contribution is 5.97. The van der Waals surface area contributed by atoms with Crippen LogP contribution in [-0.4, -0.2) is 67.6 Å². The monoisotopic (exact) mass is 582 g/mol. The average Bonchev–Trinajstić information content (AvgIpc) is 3.34. The van der Waals surface area contributed by atoms with E-state index in [0.717, 1.165) is 69.9 Å². The van der Waals surface area contributed by atoms with E-state index in [9.17, 15) is 9.59 Å². The van der Waals surface area contributed by atoms with Gasteiger partial charge in [0, 0.05) is 31.5 Å². The van der Waals surface area contributed by atoms with Crippen molar-refractivity contribution in [1.29, 1.82) is 0 Å². The molecule has 7 heteroatoms. The first-order valence-electron chi connectivity index (χ1n) is 17.5. The molecule has 4 saturated heterocycles. The van der Waals surface area contributed by atoms with Crippen molar-refractivity contribution in [3.05, 3.63) is 0 Å². The van der Waals surface area contributed by atoms with Crippen molar-refractivity contribution in [2.45, 2.75) is 116 Å². The second-order valence-corrected chi connectivity index (χ2v) is 17.1. The van der Waals surface area contributed by atoms with Crippen LogP contribution in [0.3, 0.4) is 0 Å². The Morgan fingerprint density at radius 2 is 1.69 bits per heavy atom. The van der Waals surface area contributed by atoms with Gasteiger partial charge in [0.2, 0.25) is 11.8 Å². The molecule has 4 saturated carbocycles. The Kier molecular flexibility index (Phi) is 6.51. The molecule has 42 heavy (non-hydrogen) atoms. The molecule has 0 aromatic heterocycles. The van der Waals surface area contributed by atoms with E-state index in [4.69, 9.17) is 14.2 Å². The number of fused-ring (bicyclic) bond motifs is 7.